The number of rotatable bonds is 5. The first-order valence-electron chi connectivity index (χ1n) is 6.37. The van der Waals surface area contributed by atoms with E-state index in [-0.39, 0.29) is 6.04 Å². The van der Waals surface area contributed by atoms with Crippen molar-refractivity contribution in [2.75, 3.05) is 7.05 Å². The van der Waals surface area contributed by atoms with Gasteiger partial charge in [-0.25, -0.2) is 0 Å². The molecule has 4 nitrogen and oxygen atoms in total. The molecule has 1 N–H and O–H groups in total. The van der Waals surface area contributed by atoms with Crippen molar-refractivity contribution in [3.63, 3.8) is 0 Å². The minimum absolute atomic E-state index is 0.107. The molecule has 2 aromatic heterocycles. The van der Waals surface area contributed by atoms with Crippen molar-refractivity contribution in [3.05, 3.63) is 47.5 Å². The number of nitrogens with one attached hydrogen (secondary N) is 1. The summed E-state index contributed by atoms with van der Waals surface area (Å²) in [5.41, 5.74) is 3.23. The summed E-state index contributed by atoms with van der Waals surface area (Å²) in [6, 6.07) is 6.20. The SMILES string of the molecule is CCCn1cc(C(NC)c2cccc(C)n2)cn1. The number of aryl methyl sites for hydroxylation is 2. The van der Waals surface area contributed by atoms with Gasteiger partial charge in [0.1, 0.15) is 0 Å². The van der Waals surface area contributed by atoms with Crippen LogP contribution >= 0.6 is 0 Å². The zero-order valence-electron chi connectivity index (χ0n) is 11.2. The lowest BCUT2D eigenvalue weighted by atomic mass is 10.1. The summed E-state index contributed by atoms with van der Waals surface area (Å²) < 4.78 is 1.98. The van der Waals surface area contributed by atoms with Gasteiger partial charge in [0.05, 0.1) is 17.9 Å². The van der Waals surface area contributed by atoms with Gasteiger partial charge in [0, 0.05) is 24.0 Å². The summed E-state index contributed by atoms with van der Waals surface area (Å²) in [4.78, 5) is 4.58. The third-order valence-electron chi connectivity index (χ3n) is 2.93. The molecule has 0 radical (unpaired) electrons. The van der Waals surface area contributed by atoms with Gasteiger partial charge >= 0.3 is 0 Å². The topological polar surface area (TPSA) is 42.7 Å². The van der Waals surface area contributed by atoms with E-state index < -0.39 is 0 Å². The minimum Gasteiger partial charge on any atom is -0.308 e. The molecular weight excluding hydrogens is 224 g/mol. The molecule has 1 unspecified atom stereocenters. The van der Waals surface area contributed by atoms with Crippen molar-refractivity contribution in [1.82, 2.24) is 20.1 Å². The number of hydrogen-bond donors (Lipinski definition) is 1. The maximum absolute atomic E-state index is 4.58. The number of hydrogen-bond acceptors (Lipinski definition) is 3. The van der Waals surface area contributed by atoms with Crippen LogP contribution in [0, 0.1) is 6.92 Å². The highest BCUT2D eigenvalue weighted by Gasteiger charge is 2.15. The van der Waals surface area contributed by atoms with Gasteiger partial charge in [0.2, 0.25) is 0 Å². The van der Waals surface area contributed by atoms with Crippen LogP contribution in [-0.4, -0.2) is 21.8 Å². The highest BCUT2D eigenvalue weighted by molar-refractivity contribution is 5.24. The molecule has 1 atom stereocenters. The van der Waals surface area contributed by atoms with Gasteiger partial charge in [-0.2, -0.15) is 5.10 Å². The molecule has 0 aliphatic carbocycles. The van der Waals surface area contributed by atoms with Crippen LogP contribution in [0.1, 0.15) is 36.3 Å². The second kappa shape index (κ2) is 5.78. The predicted molar refractivity (Wildman–Crippen MR) is 72.4 cm³/mol. The first-order valence-corrected chi connectivity index (χ1v) is 6.37. The Bertz CT molecular complexity index is 504. The first-order chi connectivity index (χ1) is 8.74. The van der Waals surface area contributed by atoms with Crippen molar-refractivity contribution in [2.24, 2.45) is 0 Å². The zero-order chi connectivity index (χ0) is 13.0. The van der Waals surface area contributed by atoms with E-state index in [9.17, 15) is 0 Å². The van der Waals surface area contributed by atoms with Gasteiger partial charge in [-0.1, -0.05) is 13.0 Å². The molecule has 2 heterocycles. The summed E-state index contributed by atoms with van der Waals surface area (Å²) in [6.45, 7) is 5.12. The van der Waals surface area contributed by atoms with Gasteiger partial charge in [0.15, 0.2) is 0 Å². The van der Waals surface area contributed by atoms with Crippen LogP contribution < -0.4 is 5.32 Å². The fraction of sp³-hybridized carbons (Fsp3) is 0.429. The second-order valence-corrected chi connectivity index (χ2v) is 4.46. The average Bonchev–Trinajstić information content (AvgIpc) is 2.79. The Morgan fingerprint density at radius 3 is 2.89 bits per heavy atom. The maximum Gasteiger partial charge on any atom is 0.0779 e. The summed E-state index contributed by atoms with van der Waals surface area (Å²) in [7, 11) is 1.95. The molecule has 0 aliphatic heterocycles. The Labute approximate surface area is 108 Å². The molecule has 0 aromatic carbocycles. The number of aromatic nitrogens is 3. The van der Waals surface area contributed by atoms with Crippen LogP contribution in [0.15, 0.2) is 30.6 Å². The third-order valence-corrected chi connectivity index (χ3v) is 2.93. The lowest BCUT2D eigenvalue weighted by Gasteiger charge is -2.14. The number of pyridine rings is 1. The number of nitrogens with zero attached hydrogens (tertiary/aromatic N) is 3. The van der Waals surface area contributed by atoms with E-state index in [4.69, 9.17) is 0 Å². The van der Waals surface area contributed by atoms with Gasteiger partial charge in [0.25, 0.3) is 0 Å². The molecule has 0 bridgehead atoms. The molecule has 0 aliphatic rings. The Hall–Kier alpha value is -1.68. The second-order valence-electron chi connectivity index (χ2n) is 4.46. The van der Waals surface area contributed by atoms with E-state index in [1.54, 1.807) is 0 Å². The van der Waals surface area contributed by atoms with Crippen LogP contribution in [0.4, 0.5) is 0 Å². The van der Waals surface area contributed by atoms with Crippen LogP contribution in [0.5, 0.6) is 0 Å². The van der Waals surface area contributed by atoms with E-state index in [0.29, 0.717) is 0 Å². The molecular formula is C14H20N4. The van der Waals surface area contributed by atoms with Gasteiger partial charge < -0.3 is 5.32 Å². The molecule has 96 valence electrons. The van der Waals surface area contributed by atoms with E-state index in [2.05, 4.69) is 28.5 Å². The van der Waals surface area contributed by atoms with E-state index >= 15 is 0 Å². The predicted octanol–water partition coefficient (Wildman–Crippen LogP) is 2.31. The van der Waals surface area contributed by atoms with Crippen molar-refractivity contribution in [3.8, 4) is 0 Å². The molecule has 4 heteroatoms. The summed E-state index contributed by atoms with van der Waals surface area (Å²) >= 11 is 0. The van der Waals surface area contributed by atoms with Crippen LogP contribution in [0.2, 0.25) is 0 Å². The normalized spacial score (nSPS) is 12.6. The molecule has 0 spiro atoms. The summed E-state index contributed by atoms with van der Waals surface area (Å²) in [5, 5.41) is 7.67. The highest BCUT2D eigenvalue weighted by atomic mass is 15.3. The monoisotopic (exact) mass is 244 g/mol. The fourth-order valence-electron chi connectivity index (χ4n) is 2.09. The quantitative estimate of drug-likeness (QED) is 0.877. The van der Waals surface area contributed by atoms with Gasteiger partial charge in [-0.05, 0) is 32.5 Å². The van der Waals surface area contributed by atoms with E-state index in [0.717, 1.165) is 29.9 Å². The Balaban J connectivity index is 2.27. The zero-order valence-corrected chi connectivity index (χ0v) is 11.2. The summed E-state index contributed by atoms with van der Waals surface area (Å²) in [6.07, 6.45) is 5.10. The molecule has 2 rings (SSSR count). The van der Waals surface area contributed by atoms with Gasteiger partial charge in [-0.3, -0.25) is 9.67 Å². The smallest absolute Gasteiger partial charge is 0.0779 e. The molecule has 2 aromatic rings. The van der Waals surface area contributed by atoms with Crippen molar-refractivity contribution >= 4 is 0 Å². The Morgan fingerprint density at radius 1 is 1.39 bits per heavy atom. The van der Waals surface area contributed by atoms with E-state index in [1.165, 1.54) is 0 Å². The van der Waals surface area contributed by atoms with Crippen LogP contribution in [0.3, 0.4) is 0 Å². The lowest BCUT2D eigenvalue weighted by Crippen LogP contribution is -2.18. The summed E-state index contributed by atoms with van der Waals surface area (Å²) in [5.74, 6) is 0. The fourth-order valence-corrected chi connectivity index (χ4v) is 2.09. The van der Waals surface area contributed by atoms with Crippen LogP contribution in [0.25, 0.3) is 0 Å². The van der Waals surface area contributed by atoms with Crippen molar-refractivity contribution in [1.29, 1.82) is 0 Å². The molecule has 0 saturated heterocycles. The van der Waals surface area contributed by atoms with Gasteiger partial charge in [-0.15, -0.1) is 0 Å². The van der Waals surface area contributed by atoms with Crippen molar-refractivity contribution in [2.45, 2.75) is 32.9 Å². The molecule has 0 saturated carbocycles. The molecule has 0 fully saturated rings. The van der Waals surface area contributed by atoms with E-state index in [1.807, 2.05) is 43.0 Å². The maximum atomic E-state index is 4.58. The highest BCUT2D eigenvalue weighted by Crippen LogP contribution is 2.19. The average molecular weight is 244 g/mol. The standard InChI is InChI=1S/C14H20N4/c1-4-8-18-10-12(9-16-18)14(15-3)13-7-5-6-11(2)17-13/h5-7,9-10,14-15H,4,8H2,1-3H3. The minimum atomic E-state index is 0.107. The molecule has 18 heavy (non-hydrogen) atoms. The van der Waals surface area contributed by atoms with Crippen LogP contribution in [-0.2, 0) is 6.54 Å². The largest absolute Gasteiger partial charge is 0.308 e. The Kier molecular flexibility index (Phi) is 4.10. The van der Waals surface area contributed by atoms with Crippen molar-refractivity contribution < 1.29 is 0 Å². The Morgan fingerprint density at radius 2 is 2.22 bits per heavy atom. The lowest BCUT2D eigenvalue weighted by molar-refractivity contribution is 0.599. The third kappa shape index (κ3) is 2.76. The molecule has 0 amide bonds. The first kappa shape index (κ1) is 12.8.